The average Bonchev–Trinajstić information content (AvgIpc) is 3.35. The number of thiophene rings is 1. The molecule has 0 fully saturated rings. The molecular weight excluding hydrogens is 376 g/mol. The van der Waals surface area contributed by atoms with Gasteiger partial charge in [-0.05, 0) is 57.8 Å². The van der Waals surface area contributed by atoms with Crippen molar-refractivity contribution >= 4 is 34.6 Å². The summed E-state index contributed by atoms with van der Waals surface area (Å²) in [6.07, 6.45) is 0. The number of hydrogen-bond acceptors (Lipinski definition) is 6. The lowest BCUT2D eigenvalue weighted by atomic mass is 10.0. The van der Waals surface area contributed by atoms with Crippen molar-refractivity contribution in [2.24, 2.45) is 5.16 Å². The van der Waals surface area contributed by atoms with Gasteiger partial charge in [0, 0.05) is 5.56 Å². The van der Waals surface area contributed by atoms with E-state index < -0.39 is 5.97 Å². The maximum Gasteiger partial charge on any atom is 0.337 e. The van der Waals surface area contributed by atoms with Gasteiger partial charge in [-0.1, -0.05) is 23.4 Å². The molecule has 0 saturated carbocycles. The number of rotatable bonds is 4. The third-order valence-electron chi connectivity index (χ3n) is 4.63. The summed E-state index contributed by atoms with van der Waals surface area (Å²) >= 11 is 1.60. The normalized spacial score (nSPS) is 14.4. The van der Waals surface area contributed by atoms with E-state index in [0.29, 0.717) is 16.8 Å². The Balaban J connectivity index is 1.74. The molecule has 2 aromatic carbocycles. The summed E-state index contributed by atoms with van der Waals surface area (Å²) in [4.78, 5) is 26.2. The number of carbonyl (C=O) groups excluding carboxylic acids is 2. The Morgan fingerprint density at radius 2 is 2.04 bits per heavy atom. The Hall–Kier alpha value is -3.45. The molecule has 7 heteroatoms. The third kappa shape index (κ3) is 3.05. The third-order valence-corrected chi connectivity index (χ3v) is 5.32. The number of nitrogens with zero attached hydrogens (tertiary/aromatic N) is 2. The fraction of sp³-hybridized carbons (Fsp3) is 0.0952. The number of methoxy groups -OCH3 is 1. The van der Waals surface area contributed by atoms with Crippen LogP contribution in [-0.2, 0) is 16.1 Å². The second-order valence-corrected chi connectivity index (χ2v) is 7.06. The fourth-order valence-corrected chi connectivity index (χ4v) is 3.93. The molecular formula is C21H16N2O4S. The summed E-state index contributed by atoms with van der Waals surface area (Å²) in [6, 6.07) is 14.5. The largest absolute Gasteiger partial charge is 0.465 e. The number of carbonyl (C=O) groups is 2. The highest BCUT2D eigenvalue weighted by Gasteiger charge is 2.35. The van der Waals surface area contributed by atoms with E-state index in [-0.39, 0.29) is 18.2 Å². The first-order chi connectivity index (χ1) is 13.6. The number of oxime groups is 1. The molecule has 28 heavy (non-hydrogen) atoms. The number of fused-ring (bicyclic) bond motifs is 1. The molecule has 3 aromatic rings. The van der Waals surface area contributed by atoms with Gasteiger partial charge in [-0.3, -0.25) is 4.79 Å². The number of benzene rings is 2. The number of amides is 1. The Bertz CT molecular complexity index is 1090. The molecule has 1 N–H and O–H groups in total. The van der Waals surface area contributed by atoms with Gasteiger partial charge in [-0.15, -0.1) is 0 Å². The predicted octanol–water partition coefficient (Wildman–Crippen LogP) is 3.93. The van der Waals surface area contributed by atoms with E-state index >= 15 is 0 Å². The van der Waals surface area contributed by atoms with E-state index in [4.69, 9.17) is 4.74 Å². The molecule has 0 aliphatic carbocycles. The second-order valence-electron chi connectivity index (χ2n) is 6.28. The molecule has 1 aliphatic rings. The zero-order chi connectivity index (χ0) is 19.7. The molecule has 1 aromatic heterocycles. The van der Waals surface area contributed by atoms with Crippen LogP contribution in [0.2, 0.25) is 0 Å². The molecule has 0 spiro atoms. The van der Waals surface area contributed by atoms with Crippen LogP contribution in [-0.4, -0.2) is 29.9 Å². The van der Waals surface area contributed by atoms with Crippen LogP contribution in [0.25, 0.3) is 11.1 Å². The highest BCUT2D eigenvalue weighted by Crippen LogP contribution is 2.35. The van der Waals surface area contributed by atoms with E-state index in [9.17, 15) is 14.8 Å². The quantitative estimate of drug-likeness (QED) is 0.415. The van der Waals surface area contributed by atoms with Crippen molar-refractivity contribution in [2.75, 3.05) is 12.0 Å². The zero-order valence-corrected chi connectivity index (χ0v) is 15.8. The van der Waals surface area contributed by atoms with Crippen LogP contribution in [0.5, 0.6) is 0 Å². The van der Waals surface area contributed by atoms with Gasteiger partial charge in [-0.25, -0.2) is 4.79 Å². The molecule has 0 unspecified atom stereocenters. The van der Waals surface area contributed by atoms with Crippen molar-refractivity contribution in [1.82, 2.24) is 0 Å². The summed E-state index contributed by atoms with van der Waals surface area (Å²) in [5.41, 5.74) is 4.47. The van der Waals surface area contributed by atoms with Gasteiger partial charge in [0.2, 0.25) is 0 Å². The van der Waals surface area contributed by atoms with Gasteiger partial charge in [0.05, 0.1) is 24.9 Å². The maximum atomic E-state index is 12.8. The smallest absolute Gasteiger partial charge is 0.337 e. The monoisotopic (exact) mass is 392 g/mol. The van der Waals surface area contributed by atoms with Crippen molar-refractivity contribution in [3.63, 3.8) is 0 Å². The van der Waals surface area contributed by atoms with Crippen LogP contribution >= 0.6 is 11.3 Å². The highest BCUT2D eigenvalue weighted by atomic mass is 32.1. The van der Waals surface area contributed by atoms with Gasteiger partial charge < -0.3 is 14.8 Å². The Kier molecular flexibility index (Phi) is 4.67. The minimum Gasteiger partial charge on any atom is -0.465 e. The second kappa shape index (κ2) is 7.28. The lowest BCUT2D eigenvalue weighted by molar-refractivity contribution is -0.112. The molecule has 0 bridgehead atoms. The van der Waals surface area contributed by atoms with Gasteiger partial charge in [-0.2, -0.15) is 11.3 Å². The first-order valence-electron chi connectivity index (χ1n) is 8.50. The van der Waals surface area contributed by atoms with E-state index in [1.54, 1.807) is 40.5 Å². The van der Waals surface area contributed by atoms with Crippen LogP contribution in [0.15, 0.2) is 64.4 Å². The molecule has 2 heterocycles. The molecule has 0 saturated heterocycles. The molecule has 0 radical (unpaired) electrons. The molecule has 0 atom stereocenters. The van der Waals surface area contributed by atoms with Gasteiger partial charge in [0.1, 0.15) is 0 Å². The molecule has 4 rings (SSSR count). The predicted molar refractivity (Wildman–Crippen MR) is 107 cm³/mol. The van der Waals surface area contributed by atoms with Crippen LogP contribution in [0, 0.1) is 0 Å². The van der Waals surface area contributed by atoms with E-state index in [1.165, 1.54) is 7.11 Å². The van der Waals surface area contributed by atoms with Crippen LogP contribution in [0.4, 0.5) is 5.69 Å². The topological polar surface area (TPSA) is 79.2 Å². The van der Waals surface area contributed by atoms with Crippen LogP contribution < -0.4 is 4.90 Å². The molecule has 140 valence electrons. The lowest BCUT2D eigenvalue weighted by Gasteiger charge is -2.18. The Labute approximate surface area is 165 Å². The van der Waals surface area contributed by atoms with E-state index in [0.717, 1.165) is 16.7 Å². The first-order valence-corrected chi connectivity index (χ1v) is 9.45. The van der Waals surface area contributed by atoms with Crippen molar-refractivity contribution in [3.8, 4) is 11.1 Å². The minimum absolute atomic E-state index is 0.0102. The summed E-state index contributed by atoms with van der Waals surface area (Å²) in [7, 11) is 1.32. The summed E-state index contributed by atoms with van der Waals surface area (Å²) in [5.74, 6) is -0.823. The fourth-order valence-electron chi connectivity index (χ4n) is 3.27. The Morgan fingerprint density at radius 3 is 2.75 bits per heavy atom. The SMILES string of the molecule is COC(=O)c1cccc(CN2C(=O)/C(=N/O)c3ccc(-c4ccsc4)cc32)c1. The Morgan fingerprint density at radius 1 is 1.18 bits per heavy atom. The summed E-state index contributed by atoms with van der Waals surface area (Å²) in [6.45, 7) is 0.239. The van der Waals surface area contributed by atoms with Crippen molar-refractivity contribution in [1.29, 1.82) is 0 Å². The molecule has 6 nitrogen and oxygen atoms in total. The van der Waals surface area contributed by atoms with Crippen molar-refractivity contribution in [2.45, 2.75) is 6.54 Å². The number of ether oxygens (including phenoxy) is 1. The maximum absolute atomic E-state index is 12.8. The van der Waals surface area contributed by atoms with Gasteiger partial charge >= 0.3 is 5.97 Å². The number of hydrogen-bond donors (Lipinski definition) is 1. The summed E-state index contributed by atoms with van der Waals surface area (Å²) < 4.78 is 4.76. The number of esters is 1. The van der Waals surface area contributed by atoms with Gasteiger partial charge in [0.15, 0.2) is 5.71 Å². The van der Waals surface area contributed by atoms with E-state index in [2.05, 4.69) is 5.16 Å². The lowest BCUT2D eigenvalue weighted by Crippen LogP contribution is -2.29. The minimum atomic E-state index is -0.438. The summed E-state index contributed by atoms with van der Waals surface area (Å²) in [5, 5.41) is 16.6. The van der Waals surface area contributed by atoms with Crippen molar-refractivity contribution < 1.29 is 19.5 Å². The van der Waals surface area contributed by atoms with Crippen LogP contribution in [0.1, 0.15) is 21.5 Å². The first kappa shape index (κ1) is 17.9. The molecule has 1 aliphatic heterocycles. The highest BCUT2D eigenvalue weighted by molar-refractivity contribution is 7.08. The standard InChI is InChI=1S/C21H16N2O4S/c1-27-21(25)15-4-2-3-13(9-15)11-23-18-10-14(16-7-8-28-12-16)5-6-17(18)19(22-26)20(23)24/h2-10,12,26H,11H2,1H3/b22-19+. The average molecular weight is 392 g/mol. The van der Waals surface area contributed by atoms with Crippen molar-refractivity contribution in [3.05, 3.63) is 76.0 Å². The number of anilines is 1. The van der Waals surface area contributed by atoms with E-state index in [1.807, 2.05) is 35.0 Å². The molecule has 1 amide bonds. The zero-order valence-electron chi connectivity index (χ0n) is 15.0. The van der Waals surface area contributed by atoms with Gasteiger partial charge in [0.25, 0.3) is 5.91 Å². The van der Waals surface area contributed by atoms with Crippen LogP contribution in [0.3, 0.4) is 0 Å².